The number of likely N-dealkylation sites (N-methyl/N-ethyl adjacent to an activating group) is 1. The van der Waals surface area contributed by atoms with E-state index in [1.165, 1.54) is 0 Å². The van der Waals surface area contributed by atoms with Crippen molar-refractivity contribution in [3.05, 3.63) is 53.1 Å². The number of benzene rings is 2. The van der Waals surface area contributed by atoms with E-state index >= 15 is 0 Å². The first-order valence-electron chi connectivity index (χ1n) is 8.29. The Hall–Kier alpha value is -2.82. The summed E-state index contributed by atoms with van der Waals surface area (Å²) in [5, 5.41) is 2.94. The lowest BCUT2D eigenvalue weighted by atomic mass is 10.1. The Morgan fingerprint density at radius 3 is 2.68 bits per heavy atom. The van der Waals surface area contributed by atoms with Gasteiger partial charge in [-0.3, -0.25) is 9.59 Å². The number of anilines is 2. The number of carbonyl (C=O) groups is 2. The number of nitrogens with one attached hydrogen (secondary N) is 1. The van der Waals surface area contributed by atoms with Crippen LogP contribution in [0.4, 0.5) is 11.4 Å². The van der Waals surface area contributed by atoms with Gasteiger partial charge < -0.3 is 15.0 Å². The molecule has 5 heteroatoms. The van der Waals surface area contributed by atoms with E-state index in [-0.39, 0.29) is 18.2 Å². The van der Waals surface area contributed by atoms with Crippen LogP contribution in [0.25, 0.3) is 0 Å². The second-order valence-electron chi connectivity index (χ2n) is 6.50. The number of hydrogen-bond donors (Lipinski definition) is 1. The normalized spacial score (nSPS) is 16.2. The van der Waals surface area contributed by atoms with E-state index < -0.39 is 6.10 Å². The smallest absolute Gasteiger partial charge is 0.267 e. The van der Waals surface area contributed by atoms with E-state index in [1.807, 2.05) is 50.2 Å². The first-order chi connectivity index (χ1) is 11.8. The largest absolute Gasteiger partial charge is 0.479 e. The zero-order chi connectivity index (χ0) is 18.1. The maximum Gasteiger partial charge on any atom is 0.267 e. The van der Waals surface area contributed by atoms with Crippen molar-refractivity contribution < 1.29 is 14.3 Å². The number of carbonyl (C=O) groups excluding carboxylic acids is 2. The maximum atomic E-state index is 12.4. The molecule has 0 spiro atoms. The van der Waals surface area contributed by atoms with Crippen LogP contribution < -0.4 is 15.0 Å². The summed E-state index contributed by atoms with van der Waals surface area (Å²) in [6, 6.07) is 11.4. The minimum Gasteiger partial charge on any atom is -0.479 e. The van der Waals surface area contributed by atoms with E-state index in [0.717, 1.165) is 22.4 Å². The topological polar surface area (TPSA) is 58.6 Å². The van der Waals surface area contributed by atoms with Crippen molar-refractivity contribution in [3.8, 4) is 5.75 Å². The number of nitrogens with zero attached hydrogens (tertiary/aromatic N) is 1. The zero-order valence-corrected chi connectivity index (χ0v) is 14.9. The van der Waals surface area contributed by atoms with E-state index in [0.29, 0.717) is 11.4 Å². The monoisotopic (exact) mass is 338 g/mol. The van der Waals surface area contributed by atoms with E-state index in [9.17, 15) is 9.59 Å². The second-order valence-corrected chi connectivity index (χ2v) is 6.50. The Labute approximate surface area is 147 Å². The third-order valence-corrected chi connectivity index (χ3v) is 4.39. The van der Waals surface area contributed by atoms with Crippen molar-refractivity contribution in [1.29, 1.82) is 0 Å². The Kier molecular flexibility index (Phi) is 4.49. The number of ether oxygens (including phenoxy) is 1. The fourth-order valence-corrected chi connectivity index (χ4v) is 3.00. The molecule has 0 bridgehead atoms. The molecule has 0 aromatic heterocycles. The molecule has 2 aromatic carbocycles. The van der Waals surface area contributed by atoms with Gasteiger partial charge in [0.2, 0.25) is 5.91 Å². The lowest BCUT2D eigenvalue weighted by Crippen LogP contribution is -2.42. The summed E-state index contributed by atoms with van der Waals surface area (Å²) in [6.45, 7) is 5.72. The van der Waals surface area contributed by atoms with Gasteiger partial charge in [-0.05, 0) is 50.1 Å². The number of hydrogen-bond acceptors (Lipinski definition) is 3. The van der Waals surface area contributed by atoms with Crippen LogP contribution in [0.5, 0.6) is 5.75 Å². The third kappa shape index (κ3) is 3.50. The molecule has 1 aliphatic heterocycles. The van der Waals surface area contributed by atoms with Gasteiger partial charge in [0.25, 0.3) is 5.91 Å². The van der Waals surface area contributed by atoms with Gasteiger partial charge in [0.05, 0.1) is 12.1 Å². The van der Waals surface area contributed by atoms with Gasteiger partial charge in [-0.1, -0.05) is 23.8 Å². The molecule has 130 valence electrons. The van der Waals surface area contributed by atoms with Crippen molar-refractivity contribution in [2.75, 3.05) is 17.3 Å². The number of fused-ring (bicyclic) bond motifs is 1. The minimum absolute atomic E-state index is 0.0917. The van der Waals surface area contributed by atoms with Gasteiger partial charge in [-0.25, -0.2) is 0 Å². The van der Waals surface area contributed by atoms with Gasteiger partial charge in [0.15, 0.2) is 6.10 Å². The van der Waals surface area contributed by atoms with E-state index in [2.05, 4.69) is 5.32 Å². The molecule has 0 radical (unpaired) electrons. The highest BCUT2D eigenvalue weighted by Crippen LogP contribution is 2.34. The number of aryl methyl sites for hydroxylation is 2. The highest BCUT2D eigenvalue weighted by atomic mass is 16.5. The molecule has 1 heterocycles. The summed E-state index contributed by atoms with van der Waals surface area (Å²) in [4.78, 5) is 26.0. The Balaban J connectivity index is 1.75. The number of amides is 2. The molecular weight excluding hydrogens is 316 g/mol. The molecular formula is C20H22N2O3. The summed E-state index contributed by atoms with van der Waals surface area (Å²) in [5.41, 5.74) is 4.54. The SMILES string of the molecule is Cc1ccc(NC(=O)Cc2ccc3c(c2)N(C)C(=O)C(C)O3)c(C)c1. The quantitative estimate of drug-likeness (QED) is 0.935. The van der Waals surface area contributed by atoms with Crippen LogP contribution in [0, 0.1) is 13.8 Å². The zero-order valence-electron chi connectivity index (χ0n) is 14.9. The van der Waals surface area contributed by atoms with Gasteiger partial charge >= 0.3 is 0 Å². The average molecular weight is 338 g/mol. The molecule has 1 aliphatic rings. The highest BCUT2D eigenvalue weighted by molar-refractivity contribution is 5.99. The Morgan fingerprint density at radius 1 is 1.20 bits per heavy atom. The van der Waals surface area contributed by atoms with Crippen molar-refractivity contribution in [2.24, 2.45) is 0 Å². The van der Waals surface area contributed by atoms with Crippen molar-refractivity contribution in [3.63, 3.8) is 0 Å². The predicted octanol–water partition coefficient (Wildman–Crippen LogP) is 3.23. The molecule has 2 amide bonds. The van der Waals surface area contributed by atoms with E-state index in [1.54, 1.807) is 18.9 Å². The van der Waals surface area contributed by atoms with Crippen LogP contribution in [0.2, 0.25) is 0 Å². The fraction of sp³-hybridized carbons (Fsp3) is 0.300. The van der Waals surface area contributed by atoms with Crippen LogP contribution in [-0.2, 0) is 16.0 Å². The summed E-state index contributed by atoms with van der Waals surface area (Å²) in [6.07, 6.45) is -0.255. The molecule has 1 unspecified atom stereocenters. The van der Waals surface area contributed by atoms with Gasteiger partial charge in [-0.15, -0.1) is 0 Å². The maximum absolute atomic E-state index is 12.4. The lowest BCUT2D eigenvalue weighted by Gasteiger charge is -2.30. The highest BCUT2D eigenvalue weighted by Gasteiger charge is 2.29. The molecule has 1 atom stereocenters. The van der Waals surface area contributed by atoms with Crippen molar-refractivity contribution in [1.82, 2.24) is 0 Å². The molecule has 1 N–H and O–H groups in total. The molecule has 25 heavy (non-hydrogen) atoms. The van der Waals surface area contributed by atoms with Crippen LogP contribution in [0.15, 0.2) is 36.4 Å². The van der Waals surface area contributed by atoms with Gasteiger partial charge in [0, 0.05) is 12.7 Å². The fourth-order valence-electron chi connectivity index (χ4n) is 3.00. The minimum atomic E-state index is -0.490. The van der Waals surface area contributed by atoms with Crippen LogP contribution in [-0.4, -0.2) is 25.0 Å². The first kappa shape index (κ1) is 17.0. The number of rotatable bonds is 3. The molecule has 0 saturated carbocycles. The Bertz CT molecular complexity index is 845. The van der Waals surface area contributed by atoms with Gasteiger partial charge in [-0.2, -0.15) is 0 Å². The Morgan fingerprint density at radius 2 is 1.96 bits per heavy atom. The summed E-state index contributed by atoms with van der Waals surface area (Å²) < 4.78 is 5.61. The van der Waals surface area contributed by atoms with Crippen LogP contribution in [0.1, 0.15) is 23.6 Å². The predicted molar refractivity (Wildman–Crippen MR) is 98.2 cm³/mol. The van der Waals surface area contributed by atoms with Gasteiger partial charge in [0.1, 0.15) is 5.75 Å². The summed E-state index contributed by atoms with van der Waals surface area (Å²) in [7, 11) is 1.72. The second kappa shape index (κ2) is 6.59. The molecule has 2 aromatic rings. The molecule has 0 fully saturated rings. The molecule has 3 rings (SSSR count). The van der Waals surface area contributed by atoms with Crippen molar-refractivity contribution >= 4 is 23.2 Å². The summed E-state index contributed by atoms with van der Waals surface area (Å²) in [5.74, 6) is 0.475. The van der Waals surface area contributed by atoms with Crippen LogP contribution >= 0.6 is 0 Å². The lowest BCUT2D eigenvalue weighted by molar-refractivity contribution is -0.125. The molecule has 0 saturated heterocycles. The average Bonchev–Trinajstić information content (AvgIpc) is 2.56. The third-order valence-electron chi connectivity index (χ3n) is 4.39. The first-order valence-corrected chi connectivity index (χ1v) is 8.29. The van der Waals surface area contributed by atoms with Crippen molar-refractivity contribution in [2.45, 2.75) is 33.3 Å². The van der Waals surface area contributed by atoms with E-state index in [4.69, 9.17) is 4.74 Å². The molecule has 5 nitrogen and oxygen atoms in total. The standard InChI is InChI=1S/C20H22N2O3/c1-12-5-7-16(13(2)9-12)21-19(23)11-15-6-8-18-17(10-15)22(4)20(24)14(3)25-18/h5-10,14H,11H2,1-4H3,(H,21,23). The van der Waals surface area contributed by atoms with Crippen LogP contribution in [0.3, 0.4) is 0 Å². The summed E-state index contributed by atoms with van der Waals surface area (Å²) >= 11 is 0. The molecule has 0 aliphatic carbocycles.